The molecule has 1 fully saturated rings. The minimum Gasteiger partial charge on any atom is -0.316 e. The highest BCUT2D eigenvalue weighted by Gasteiger charge is 2.22. The SMILES string of the molecule is CC1CNCCC1C1=C/C=C\C=C/C=C\1. The zero-order valence-corrected chi connectivity index (χ0v) is 9.32. The minimum atomic E-state index is 0.721. The van der Waals surface area contributed by atoms with Crippen LogP contribution in [-0.2, 0) is 0 Å². The first-order valence-electron chi connectivity index (χ1n) is 5.80. The average Bonchev–Trinajstić information content (AvgIpc) is 2.19. The van der Waals surface area contributed by atoms with E-state index in [1.54, 1.807) is 0 Å². The summed E-state index contributed by atoms with van der Waals surface area (Å²) in [5.74, 6) is 1.46. The summed E-state index contributed by atoms with van der Waals surface area (Å²) < 4.78 is 0. The van der Waals surface area contributed by atoms with E-state index in [1.807, 2.05) is 0 Å². The number of allylic oxidation sites excluding steroid dienone is 8. The lowest BCUT2D eigenvalue weighted by Gasteiger charge is -2.30. The predicted octanol–water partition coefficient (Wildman–Crippen LogP) is 2.84. The molecule has 0 aromatic rings. The molecule has 2 aliphatic rings. The zero-order valence-electron chi connectivity index (χ0n) is 9.32. The molecule has 0 spiro atoms. The molecule has 2 unspecified atom stereocenters. The Morgan fingerprint density at radius 3 is 2.80 bits per heavy atom. The lowest BCUT2D eigenvalue weighted by atomic mass is 9.81. The largest absolute Gasteiger partial charge is 0.316 e. The maximum Gasteiger partial charge on any atom is -0.00173 e. The van der Waals surface area contributed by atoms with Gasteiger partial charge in [-0.1, -0.05) is 49.5 Å². The van der Waals surface area contributed by atoms with Crippen molar-refractivity contribution in [2.45, 2.75) is 13.3 Å². The second-order valence-electron chi connectivity index (χ2n) is 4.37. The van der Waals surface area contributed by atoms with Gasteiger partial charge in [-0.2, -0.15) is 0 Å². The van der Waals surface area contributed by atoms with E-state index in [0.717, 1.165) is 24.9 Å². The number of hydrogen-bond acceptors (Lipinski definition) is 1. The highest BCUT2D eigenvalue weighted by molar-refractivity contribution is 5.33. The van der Waals surface area contributed by atoms with E-state index in [1.165, 1.54) is 12.0 Å². The fourth-order valence-corrected chi connectivity index (χ4v) is 2.34. The summed E-state index contributed by atoms with van der Waals surface area (Å²) >= 11 is 0. The average molecular weight is 201 g/mol. The maximum absolute atomic E-state index is 3.45. The second-order valence-corrected chi connectivity index (χ2v) is 4.37. The summed E-state index contributed by atoms with van der Waals surface area (Å²) in [6.45, 7) is 4.64. The molecule has 2 atom stereocenters. The van der Waals surface area contributed by atoms with Crippen LogP contribution < -0.4 is 5.32 Å². The Balaban J connectivity index is 2.14. The van der Waals surface area contributed by atoms with E-state index in [4.69, 9.17) is 0 Å². The van der Waals surface area contributed by atoms with Gasteiger partial charge in [-0.25, -0.2) is 0 Å². The van der Waals surface area contributed by atoms with Gasteiger partial charge in [0.2, 0.25) is 0 Å². The third-order valence-electron chi connectivity index (χ3n) is 3.24. The third-order valence-corrected chi connectivity index (χ3v) is 3.24. The highest BCUT2D eigenvalue weighted by Crippen LogP contribution is 2.27. The second kappa shape index (κ2) is 5.13. The lowest BCUT2D eigenvalue weighted by molar-refractivity contribution is 0.316. The van der Waals surface area contributed by atoms with E-state index in [0.29, 0.717) is 0 Å². The van der Waals surface area contributed by atoms with Gasteiger partial charge < -0.3 is 5.32 Å². The van der Waals surface area contributed by atoms with Crippen molar-refractivity contribution in [2.24, 2.45) is 11.8 Å². The molecule has 0 saturated carbocycles. The smallest absolute Gasteiger partial charge is 0.00173 e. The molecule has 0 amide bonds. The van der Waals surface area contributed by atoms with Gasteiger partial charge in [-0.05, 0) is 36.9 Å². The number of rotatable bonds is 1. The highest BCUT2D eigenvalue weighted by atomic mass is 14.9. The van der Waals surface area contributed by atoms with Crippen molar-refractivity contribution in [3.8, 4) is 0 Å². The van der Waals surface area contributed by atoms with Crippen LogP contribution in [0.2, 0.25) is 0 Å². The monoisotopic (exact) mass is 201 g/mol. The van der Waals surface area contributed by atoms with Gasteiger partial charge in [0.25, 0.3) is 0 Å². The molecule has 1 N–H and O–H groups in total. The molecule has 15 heavy (non-hydrogen) atoms. The maximum atomic E-state index is 3.45. The Kier molecular flexibility index (Phi) is 3.57. The van der Waals surface area contributed by atoms with Gasteiger partial charge in [-0.3, -0.25) is 0 Å². The third kappa shape index (κ3) is 2.69. The van der Waals surface area contributed by atoms with E-state index < -0.39 is 0 Å². The summed E-state index contributed by atoms with van der Waals surface area (Å²) in [6.07, 6.45) is 16.3. The standard InChI is InChI=1S/C14H19N/c1-12-11-15-10-9-14(12)13-7-5-3-2-4-6-8-13/h2-8,12,14-15H,9-11H2,1H3/b3-2-,4-2?,5-3?,6-4-,7-5-,8-6?,13-7?,13-8+. The summed E-state index contributed by atoms with van der Waals surface area (Å²) in [6, 6.07) is 0. The quantitative estimate of drug-likeness (QED) is 0.688. The molecule has 1 aliphatic carbocycles. The Labute approximate surface area is 92.3 Å². The van der Waals surface area contributed by atoms with Crippen molar-refractivity contribution in [3.05, 3.63) is 48.1 Å². The first-order valence-corrected chi connectivity index (χ1v) is 5.80. The number of nitrogens with one attached hydrogen (secondary N) is 1. The van der Waals surface area contributed by atoms with Crippen LogP contribution in [0.5, 0.6) is 0 Å². The Bertz CT molecular complexity index is 320. The van der Waals surface area contributed by atoms with E-state index >= 15 is 0 Å². The summed E-state index contributed by atoms with van der Waals surface area (Å²) in [5, 5.41) is 3.45. The predicted molar refractivity (Wildman–Crippen MR) is 65.6 cm³/mol. The van der Waals surface area contributed by atoms with Crippen molar-refractivity contribution in [1.29, 1.82) is 0 Å². The van der Waals surface area contributed by atoms with Gasteiger partial charge in [0.1, 0.15) is 0 Å². The molecule has 0 bridgehead atoms. The molecule has 0 aromatic heterocycles. The van der Waals surface area contributed by atoms with Crippen LogP contribution >= 0.6 is 0 Å². The van der Waals surface area contributed by atoms with E-state index in [9.17, 15) is 0 Å². The lowest BCUT2D eigenvalue weighted by Crippen LogP contribution is -2.35. The fourth-order valence-electron chi connectivity index (χ4n) is 2.34. The van der Waals surface area contributed by atoms with E-state index in [2.05, 4.69) is 54.8 Å². The van der Waals surface area contributed by atoms with Gasteiger partial charge in [-0.15, -0.1) is 0 Å². The Hall–Kier alpha value is -1.08. The molecule has 80 valence electrons. The first kappa shape index (κ1) is 10.4. The van der Waals surface area contributed by atoms with Gasteiger partial charge in [0, 0.05) is 0 Å². The van der Waals surface area contributed by atoms with Crippen molar-refractivity contribution in [2.75, 3.05) is 13.1 Å². The summed E-state index contributed by atoms with van der Waals surface area (Å²) in [5.41, 5.74) is 1.48. The Morgan fingerprint density at radius 2 is 1.93 bits per heavy atom. The van der Waals surface area contributed by atoms with Crippen LogP contribution in [0.1, 0.15) is 13.3 Å². The van der Waals surface area contributed by atoms with E-state index in [-0.39, 0.29) is 0 Å². The topological polar surface area (TPSA) is 12.0 Å². The summed E-state index contributed by atoms with van der Waals surface area (Å²) in [7, 11) is 0. The van der Waals surface area contributed by atoms with Gasteiger partial charge in [0.05, 0.1) is 0 Å². The molecule has 1 aliphatic heterocycles. The van der Waals surface area contributed by atoms with Gasteiger partial charge >= 0.3 is 0 Å². The number of piperidine rings is 1. The number of hydrogen-bond donors (Lipinski definition) is 1. The van der Waals surface area contributed by atoms with Crippen LogP contribution in [0, 0.1) is 11.8 Å². The van der Waals surface area contributed by atoms with Crippen LogP contribution in [-0.4, -0.2) is 13.1 Å². The first-order chi connectivity index (χ1) is 7.38. The van der Waals surface area contributed by atoms with Crippen molar-refractivity contribution in [3.63, 3.8) is 0 Å². The molecular weight excluding hydrogens is 182 g/mol. The summed E-state index contributed by atoms with van der Waals surface area (Å²) in [4.78, 5) is 0. The molecule has 1 nitrogen and oxygen atoms in total. The van der Waals surface area contributed by atoms with Crippen molar-refractivity contribution >= 4 is 0 Å². The Morgan fingerprint density at radius 1 is 1.13 bits per heavy atom. The fraction of sp³-hybridized carbons (Fsp3) is 0.429. The normalized spacial score (nSPS) is 40.7. The zero-order chi connectivity index (χ0) is 10.5. The van der Waals surface area contributed by atoms with Crippen LogP contribution in [0.15, 0.2) is 48.1 Å². The van der Waals surface area contributed by atoms with Crippen LogP contribution in [0.3, 0.4) is 0 Å². The van der Waals surface area contributed by atoms with Crippen molar-refractivity contribution < 1.29 is 0 Å². The molecule has 1 saturated heterocycles. The molecule has 1 heterocycles. The molecular formula is C14H19N. The molecule has 2 rings (SSSR count). The van der Waals surface area contributed by atoms with Crippen LogP contribution in [0.25, 0.3) is 0 Å². The molecule has 1 heteroatoms. The molecule has 0 aromatic carbocycles. The van der Waals surface area contributed by atoms with Crippen molar-refractivity contribution in [1.82, 2.24) is 5.32 Å². The van der Waals surface area contributed by atoms with Crippen LogP contribution in [0.4, 0.5) is 0 Å². The molecule has 0 radical (unpaired) electrons. The minimum absolute atomic E-state index is 0.721. The van der Waals surface area contributed by atoms with Gasteiger partial charge in [0.15, 0.2) is 0 Å².